The second-order valence-electron chi connectivity index (χ2n) is 5.69. The van der Waals surface area contributed by atoms with Crippen molar-refractivity contribution in [3.63, 3.8) is 0 Å². The van der Waals surface area contributed by atoms with Gasteiger partial charge in [0.05, 0.1) is 0 Å². The molecule has 0 spiro atoms. The van der Waals surface area contributed by atoms with Crippen LogP contribution in [0.4, 0.5) is 5.69 Å². The molecule has 0 atom stereocenters. The minimum absolute atomic E-state index is 0.0413. The fraction of sp³-hybridized carbons (Fsp3) is 0.500. The molecule has 1 aliphatic rings. The van der Waals surface area contributed by atoms with Gasteiger partial charge in [-0.2, -0.15) is 0 Å². The van der Waals surface area contributed by atoms with Crippen LogP contribution >= 0.6 is 0 Å². The Morgan fingerprint density at radius 1 is 1.33 bits per heavy atom. The predicted molar refractivity (Wildman–Crippen MR) is 81.3 cm³/mol. The molecule has 0 saturated heterocycles. The first-order valence-electron chi connectivity index (χ1n) is 7.37. The predicted octanol–water partition coefficient (Wildman–Crippen LogP) is 2.31. The lowest BCUT2D eigenvalue weighted by molar-refractivity contribution is -0.148. The number of carbonyl (C=O) groups is 2. The second kappa shape index (κ2) is 6.72. The number of amides is 1. The van der Waals surface area contributed by atoms with E-state index in [1.165, 1.54) is 0 Å². The lowest BCUT2D eigenvalue weighted by atomic mass is 9.77. The Bertz CT molecular complexity index is 524. The molecular weight excluding hydrogens is 268 g/mol. The van der Waals surface area contributed by atoms with Gasteiger partial charge in [-0.1, -0.05) is 12.1 Å². The Hall–Kier alpha value is -1.88. The van der Waals surface area contributed by atoms with E-state index >= 15 is 0 Å². The van der Waals surface area contributed by atoms with Crippen LogP contribution in [-0.2, 0) is 9.59 Å². The summed E-state index contributed by atoms with van der Waals surface area (Å²) < 4.78 is 0. The highest BCUT2D eigenvalue weighted by Gasteiger charge is 2.43. The molecule has 114 valence electrons. The number of carbonyl (C=O) groups excluding carboxylic acids is 1. The average molecular weight is 290 g/mol. The van der Waals surface area contributed by atoms with Gasteiger partial charge in [-0.15, -0.1) is 0 Å². The monoisotopic (exact) mass is 290 g/mol. The highest BCUT2D eigenvalue weighted by atomic mass is 16.4. The minimum atomic E-state index is -0.780. The average Bonchev–Trinajstić information content (AvgIpc) is 2.36. The van der Waals surface area contributed by atoms with E-state index < -0.39 is 11.5 Å². The zero-order chi connectivity index (χ0) is 15.3. The topological polar surface area (TPSA) is 78.4 Å². The van der Waals surface area contributed by atoms with Gasteiger partial charge in [0, 0.05) is 12.1 Å². The molecular formula is C16H22N2O3. The molecule has 1 aromatic carbocycles. The van der Waals surface area contributed by atoms with Gasteiger partial charge < -0.3 is 15.7 Å². The molecule has 0 aromatic heterocycles. The summed E-state index contributed by atoms with van der Waals surface area (Å²) in [5, 5.41) is 15.1. The highest BCUT2D eigenvalue weighted by Crippen LogP contribution is 2.31. The summed E-state index contributed by atoms with van der Waals surface area (Å²) in [7, 11) is 0. The normalized spacial score (nSPS) is 16.0. The molecule has 0 unspecified atom stereocenters. The number of benzene rings is 1. The first kappa shape index (κ1) is 15.5. The van der Waals surface area contributed by atoms with E-state index in [1.807, 2.05) is 31.2 Å². The van der Waals surface area contributed by atoms with Crippen molar-refractivity contribution < 1.29 is 14.7 Å². The largest absolute Gasteiger partial charge is 0.480 e. The molecule has 0 aliphatic heterocycles. The summed E-state index contributed by atoms with van der Waals surface area (Å²) >= 11 is 0. The van der Waals surface area contributed by atoms with Gasteiger partial charge in [0.15, 0.2) is 0 Å². The van der Waals surface area contributed by atoms with Crippen LogP contribution in [0.1, 0.15) is 37.7 Å². The maximum atomic E-state index is 11.8. The number of hydrogen-bond acceptors (Lipinski definition) is 3. The molecule has 1 amide bonds. The van der Waals surface area contributed by atoms with Crippen LogP contribution in [0.2, 0.25) is 0 Å². The molecule has 1 saturated carbocycles. The Labute approximate surface area is 124 Å². The van der Waals surface area contributed by atoms with E-state index in [0.717, 1.165) is 17.7 Å². The van der Waals surface area contributed by atoms with Gasteiger partial charge in [-0.3, -0.25) is 9.59 Å². The van der Waals surface area contributed by atoms with Crippen LogP contribution in [-0.4, -0.2) is 29.1 Å². The smallest absolute Gasteiger partial charge is 0.323 e. The third-order valence-electron chi connectivity index (χ3n) is 3.96. The Morgan fingerprint density at radius 3 is 2.67 bits per heavy atom. The van der Waals surface area contributed by atoms with Gasteiger partial charge in [0.25, 0.3) is 0 Å². The first-order valence-corrected chi connectivity index (χ1v) is 7.37. The van der Waals surface area contributed by atoms with Crippen LogP contribution in [0, 0.1) is 6.92 Å². The summed E-state index contributed by atoms with van der Waals surface area (Å²) in [5.41, 5.74) is 1.16. The third-order valence-corrected chi connectivity index (χ3v) is 3.96. The fourth-order valence-electron chi connectivity index (χ4n) is 2.52. The number of rotatable bonds is 7. The minimum Gasteiger partial charge on any atom is -0.480 e. The van der Waals surface area contributed by atoms with Crippen molar-refractivity contribution in [3.05, 3.63) is 29.8 Å². The lowest BCUT2D eigenvalue weighted by Gasteiger charge is -2.38. The number of carboxylic acid groups (broad SMARTS) is 1. The zero-order valence-electron chi connectivity index (χ0n) is 12.3. The Kier molecular flexibility index (Phi) is 4.96. The number of anilines is 1. The van der Waals surface area contributed by atoms with Gasteiger partial charge in [-0.05, 0) is 56.8 Å². The molecule has 2 rings (SSSR count). The number of hydrogen-bond donors (Lipinski definition) is 3. The van der Waals surface area contributed by atoms with Crippen molar-refractivity contribution in [2.24, 2.45) is 0 Å². The molecule has 5 nitrogen and oxygen atoms in total. The van der Waals surface area contributed by atoms with E-state index in [2.05, 4.69) is 10.6 Å². The van der Waals surface area contributed by atoms with E-state index in [4.69, 9.17) is 0 Å². The fourth-order valence-corrected chi connectivity index (χ4v) is 2.52. The number of carboxylic acids is 1. The summed E-state index contributed by atoms with van der Waals surface area (Å²) in [4.78, 5) is 23.0. The quantitative estimate of drug-likeness (QED) is 0.673. The van der Waals surface area contributed by atoms with E-state index in [-0.39, 0.29) is 5.91 Å². The SMILES string of the molecule is Cc1cccc(NC(=O)CCCNC2(C(=O)O)CCC2)c1. The van der Waals surface area contributed by atoms with Gasteiger partial charge >= 0.3 is 5.97 Å². The zero-order valence-corrected chi connectivity index (χ0v) is 12.3. The van der Waals surface area contributed by atoms with Crippen LogP contribution in [0.5, 0.6) is 0 Å². The summed E-state index contributed by atoms with van der Waals surface area (Å²) in [6, 6.07) is 7.66. The number of nitrogens with one attached hydrogen (secondary N) is 2. The van der Waals surface area contributed by atoms with E-state index in [9.17, 15) is 14.7 Å². The first-order chi connectivity index (χ1) is 10.0. The van der Waals surface area contributed by atoms with Gasteiger partial charge in [0.2, 0.25) is 5.91 Å². The second-order valence-corrected chi connectivity index (χ2v) is 5.69. The van der Waals surface area contributed by atoms with Crippen LogP contribution < -0.4 is 10.6 Å². The van der Waals surface area contributed by atoms with Crippen molar-refractivity contribution in [1.29, 1.82) is 0 Å². The van der Waals surface area contributed by atoms with Crippen LogP contribution in [0.15, 0.2) is 24.3 Å². The number of aliphatic carboxylic acids is 1. The van der Waals surface area contributed by atoms with Crippen molar-refractivity contribution >= 4 is 17.6 Å². The molecule has 5 heteroatoms. The Morgan fingerprint density at radius 2 is 2.10 bits per heavy atom. The van der Waals surface area contributed by atoms with Gasteiger partial charge in [0.1, 0.15) is 5.54 Å². The van der Waals surface area contributed by atoms with Crippen LogP contribution in [0.25, 0.3) is 0 Å². The van der Waals surface area contributed by atoms with E-state index in [0.29, 0.717) is 32.2 Å². The molecule has 1 fully saturated rings. The highest BCUT2D eigenvalue weighted by molar-refractivity contribution is 5.90. The van der Waals surface area contributed by atoms with Crippen molar-refractivity contribution in [2.45, 2.75) is 44.6 Å². The summed E-state index contributed by atoms with van der Waals surface area (Å²) in [6.45, 7) is 2.52. The Balaban J connectivity index is 1.69. The summed E-state index contributed by atoms with van der Waals surface area (Å²) in [6.07, 6.45) is 3.33. The molecule has 0 heterocycles. The van der Waals surface area contributed by atoms with Crippen molar-refractivity contribution in [1.82, 2.24) is 5.32 Å². The number of aryl methyl sites for hydroxylation is 1. The molecule has 21 heavy (non-hydrogen) atoms. The molecule has 1 aromatic rings. The third kappa shape index (κ3) is 4.04. The van der Waals surface area contributed by atoms with Crippen molar-refractivity contribution in [2.75, 3.05) is 11.9 Å². The lowest BCUT2D eigenvalue weighted by Crippen LogP contribution is -2.57. The maximum Gasteiger partial charge on any atom is 0.323 e. The summed E-state index contributed by atoms with van der Waals surface area (Å²) in [5.74, 6) is -0.821. The van der Waals surface area contributed by atoms with Gasteiger partial charge in [-0.25, -0.2) is 0 Å². The molecule has 0 bridgehead atoms. The standard InChI is InChI=1S/C16H22N2O3/c1-12-5-2-6-13(11-12)18-14(19)7-3-10-17-16(15(20)21)8-4-9-16/h2,5-6,11,17H,3-4,7-10H2,1H3,(H,18,19)(H,20,21). The maximum absolute atomic E-state index is 11.8. The van der Waals surface area contributed by atoms with E-state index in [1.54, 1.807) is 0 Å². The molecule has 0 radical (unpaired) electrons. The van der Waals surface area contributed by atoms with Crippen molar-refractivity contribution in [3.8, 4) is 0 Å². The molecule has 3 N–H and O–H groups in total. The molecule has 1 aliphatic carbocycles. The van der Waals surface area contributed by atoms with Crippen LogP contribution in [0.3, 0.4) is 0 Å².